The molecule has 166 valence electrons. The number of amides is 1. The fraction of sp³-hybridized carbons (Fsp3) is 0.500. The number of aromatic nitrogens is 1. The Kier molecular flexibility index (Phi) is 6.05. The van der Waals surface area contributed by atoms with E-state index < -0.39 is 0 Å². The van der Waals surface area contributed by atoms with Gasteiger partial charge >= 0.3 is 0 Å². The predicted molar refractivity (Wildman–Crippen MR) is 118 cm³/mol. The summed E-state index contributed by atoms with van der Waals surface area (Å²) in [6.45, 7) is 6.91. The van der Waals surface area contributed by atoms with E-state index in [0.29, 0.717) is 26.3 Å². The van der Waals surface area contributed by atoms with Crippen molar-refractivity contribution in [2.24, 2.45) is 5.92 Å². The van der Waals surface area contributed by atoms with Gasteiger partial charge < -0.3 is 18.9 Å². The van der Waals surface area contributed by atoms with Crippen molar-refractivity contribution in [1.29, 1.82) is 0 Å². The van der Waals surface area contributed by atoms with Crippen LogP contribution in [0.25, 0.3) is 5.69 Å². The van der Waals surface area contributed by atoms with Crippen molar-refractivity contribution in [2.45, 2.75) is 26.7 Å². The Morgan fingerprint density at radius 2 is 1.84 bits per heavy atom. The molecule has 1 unspecified atom stereocenters. The first kappa shape index (κ1) is 21.4. The first-order valence-corrected chi connectivity index (χ1v) is 10.9. The van der Waals surface area contributed by atoms with Crippen molar-refractivity contribution in [3.8, 4) is 17.2 Å². The Morgan fingerprint density at radius 3 is 2.58 bits per heavy atom. The van der Waals surface area contributed by atoms with Gasteiger partial charge in [-0.25, -0.2) is 0 Å². The van der Waals surface area contributed by atoms with E-state index in [4.69, 9.17) is 9.47 Å². The van der Waals surface area contributed by atoms with Gasteiger partial charge in [0.2, 0.25) is 5.91 Å². The van der Waals surface area contributed by atoms with E-state index in [9.17, 15) is 9.59 Å². The van der Waals surface area contributed by atoms with Gasteiger partial charge in [0.1, 0.15) is 13.2 Å². The second-order valence-corrected chi connectivity index (χ2v) is 8.68. The van der Waals surface area contributed by atoms with E-state index in [0.717, 1.165) is 53.5 Å². The molecule has 0 bridgehead atoms. The number of ketones is 1. The number of Topliss-reactive ketones (excluding diaryl/α,β-unsaturated/α-hetero) is 1. The molecule has 7 heteroatoms. The van der Waals surface area contributed by atoms with Crippen LogP contribution in [0, 0.1) is 19.8 Å². The maximum absolute atomic E-state index is 13.2. The molecule has 1 saturated heterocycles. The van der Waals surface area contributed by atoms with Crippen LogP contribution in [0.1, 0.15) is 34.6 Å². The highest BCUT2D eigenvalue weighted by atomic mass is 16.6. The van der Waals surface area contributed by atoms with Gasteiger partial charge in [-0.2, -0.15) is 0 Å². The van der Waals surface area contributed by atoms with E-state index in [1.165, 1.54) is 0 Å². The maximum atomic E-state index is 13.2. The van der Waals surface area contributed by atoms with E-state index in [1.807, 2.05) is 38.1 Å². The molecule has 2 aromatic rings. The molecular formula is C24H31N3O4. The van der Waals surface area contributed by atoms with Crippen LogP contribution < -0.4 is 9.47 Å². The fourth-order valence-corrected chi connectivity index (χ4v) is 4.67. The van der Waals surface area contributed by atoms with Crippen LogP contribution in [0.2, 0.25) is 0 Å². The lowest BCUT2D eigenvalue weighted by atomic mass is 9.96. The Morgan fingerprint density at radius 1 is 1.10 bits per heavy atom. The van der Waals surface area contributed by atoms with E-state index >= 15 is 0 Å². The van der Waals surface area contributed by atoms with Crippen LogP contribution in [0.5, 0.6) is 11.5 Å². The summed E-state index contributed by atoms with van der Waals surface area (Å²) in [7, 11) is 3.58. The predicted octanol–water partition coefficient (Wildman–Crippen LogP) is 2.85. The van der Waals surface area contributed by atoms with Gasteiger partial charge in [0.25, 0.3) is 0 Å². The van der Waals surface area contributed by atoms with Crippen molar-refractivity contribution < 1.29 is 19.1 Å². The van der Waals surface area contributed by atoms with Crippen molar-refractivity contribution in [3.05, 3.63) is 41.2 Å². The van der Waals surface area contributed by atoms with Gasteiger partial charge in [-0.05, 0) is 51.4 Å². The number of likely N-dealkylation sites (tertiary alicyclic amines) is 1. The zero-order chi connectivity index (χ0) is 22.1. The van der Waals surface area contributed by atoms with Crippen LogP contribution in [0.15, 0.2) is 24.3 Å². The quantitative estimate of drug-likeness (QED) is 0.690. The number of nitrogens with zero attached hydrogens (tertiary/aromatic N) is 3. The molecule has 1 fully saturated rings. The maximum Gasteiger partial charge on any atom is 0.226 e. The fourth-order valence-electron chi connectivity index (χ4n) is 4.67. The minimum atomic E-state index is -0.0262. The highest BCUT2D eigenvalue weighted by Crippen LogP contribution is 2.33. The number of carbonyl (C=O) groups excluding carboxylic acids is 2. The highest BCUT2D eigenvalue weighted by molar-refractivity contribution is 5.99. The molecule has 7 nitrogen and oxygen atoms in total. The number of hydrogen-bond acceptors (Lipinski definition) is 5. The number of hydrogen-bond donors (Lipinski definition) is 0. The first-order chi connectivity index (χ1) is 14.8. The SMILES string of the molecule is Cc1cc(C(=O)CN2CCCC(C(=O)N(C)C)C2)c(C)n1-c1ccc2c(c1)OCCO2. The van der Waals surface area contributed by atoms with Crippen molar-refractivity contribution in [1.82, 2.24) is 14.4 Å². The number of ether oxygens (including phenoxy) is 2. The molecule has 4 rings (SSSR count). The van der Waals surface area contributed by atoms with Crippen molar-refractivity contribution >= 4 is 11.7 Å². The van der Waals surface area contributed by atoms with Gasteiger partial charge in [0, 0.05) is 49.3 Å². The van der Waals surface area contributed by atoms with Crippen LogP contribution in [-0.4, -0.2) is 73.0 Å². The largest absolute Gasteiger partial charge is 0.486 e. The van der Waals surface area contributed by atoms with E-state index in [-0.39, 0.29) is 17.6 Å². The average Bonchev–Trinajstić information content (AvgIpc) is 3.07. The second-order valence-electron chi connectivity index (χ2n) is 8.68. The molecule has 0 saturated carbocycles. The summed E-state index contributed by atoms with van der Waals surface area (Å²) in [5.41, 5.74) is 3.59. The first-order valence-electron chi connectivity index (χ1n) is 10.9. The standard InChI is InChI=1S/C24H31N3O4/c1-16-12-20(21(28)15-26-9-5-6-18(14-26)24(29)25(3)4)17(2)27(16)19-7-8-22-23(13-19)31-11-10-30-22/h7-8,12-13,18H,5-6,9-11,14-15H2,1-4H3. The van der Waals surface area contributed by atoms with Gasteiger partial charge in [0.15, 0.2) is 17.3 Å². The zero-order valence-electron chi connectivity index (χ0n) is 18.8. The van der Waals surface area contributed by atoms with Crippen molar-refractivity contribution in [3.63, 3.8) is 0 Å². The molecule has 0 spiro atoms. The highest BCUT2D eigenvalue weighted by Gasteiger charge is 2.29. The van der Waals surface area contributed by atoms with Crippen LogP contribution in [0.3, 0.4) is 0 Å². The van der Waals surface area contributed by atoms with Crippen LogP contribution in [-0.2, 0) is 4.79 Å². The third-order valence-corrected chi connectivity index (χ3v) is 6.18. The molecule has 2 aliphatic rings. The molecule has 0 N–H and O–H groups in total. The minimum absolute atomic E-state index is 0.0262. The smallest absolute Gasteiger partial charge is 0.226 e. The summed E-state index contributed by atoms with van der Waals surface area (Å²) in [5.74, 6) is 1.69. The summed E-state index contributed by atoms with van der Waals surface area (Å²) in [6, 6.07) is 7.83. The number of piperidine rings is 1. The minimum Gasteiger partial charge on any atom is -0.486 e. The van der Waals surface area contributed by atoms with Gasteiger partial charge in [-0.15, -0.1) is 0 Å². The second kappa shape index (κ2) is 8.75. The lowest BCUT2D eigenvalue weighted by Gasteiger charge is -2.32. The van der Waals surface area contributed by atoms with Crippen molar-refractivity contribution in [2.75, 3.05) is 46.9 Å². The van der Waals surface area contributed by atoms with E-state index in [1.54, 1.807) is 19.0 Å². The number of fused-ring (bicyclic) bond motifs is 1. The lowest BCUT2D eigenvalue weighted by molar-refractivity contribution is -0.134. The van der Waals surface area contributed by atoms with Crippen LogP contribution >= 0.6 is 0 Å². The summed E-state index contributed by atoms with van der Waals surface area (Å²) in [5, 5.41) is 0. The molecular weight excluding hydrogens is 394 g/mol. The molecule has 0 radical (unpaired) electrons. The number of carbonyl (C=O) groups is 2. The lowest BCUT2D eigenvalue weighted by Crippen LogP contribution is -2.44. The topological polar surface area (TPSA) is 64.0 Å². The molecule has 2 aliphatic heterocycles. The molecule has 1 atom stereocenters. The summed E-state index contributed by atoms with van der Waals surface area (Å²) >= 11 is 0. The molecule has 1 amide bonds. The van der Waals surface area contributed by atoms with E-state index in [2.05, 4.69) is 9.47 Å². The van der Waals surface area contributed by atoms with Gasteiger partial charge in [0.05, 0.1) is 12.5 Å². The van der Waals surface area contributed by atoms with Crippen LogP contribution in [0.4, 0.5) is 0 Å². The Bertz CT molecular complexity index is 995. The molecule has 1 aromatic heterocycles. The van der Waals surface area contributed by atoms with Gasteiger partial charge in [-0.1, -0.05) is 0 Å². The van der Waals surface area contributed by atoms with Gasteiger partial charge in [-0.3, -0.25) is 14.5 Å². The number of benzene rings is 1. The zero-order valence-corrected chi connectivity index (χ0v) is 18.8. The summed E-state index contributed by atoms with van der Waals surface area (Å²) < 4.78 is 13.4. The Labute approximate surface area is 183 Å². The summed E-state index contributed by atoms with van der Waals surface area (Å²) in [6.07, 6.45) is 1.83. The monoisotopic (exact) mass is 425 g/mol. The molecule has 3 heterocycles. The molecule has 1 aromatic carbocycles. The average molecular weight is 426 g/mol. The Balaban J connectivity index is 1.52. The molecule has 31 heavy (non-hydrogen) atoms. The summed E-state index contributed by atoms with van der Waals surface area (Å²) in [4.78, 5) is 29.3. The molecule has 0 aliphatic carbocycles. The number of rotatable bonds is 5. The third kappa shape index (κ3) is 4.32. The normalized spacial score (nSPS) is 18.6. The number of aryl methyl sites for hydroxylation is 1. The third-order valence-electron chi connectivity index (χ3n) is 6.18. The Hall–Kier alpha value is -2.80.